The number of rotatable bonds is 6. The van der Waals surface area contributed by atoms with Crippen LogP contribution in [0.15, 0.2) is 54.6 Å². The normalized spacial score (nSPS) is 19.9. The van der Waals surface area contributed by atoms with Gasteiger partial charge in [-0.2, -0.15) is 0 Å². The van der Waals surface area contributed by atoms with Crippen molar-refractivity contribution in [2.45, 2.75) is 31.5 Å². The summed E-state index contributed by atoms with van der Waals surface area (Å²) in [5, 5.41) is 7.26. The van der Waals surface area contributed by atoms with Crippen LogP contribution in [0.5, 0.6) is 0 Å². The summed E-state index contributed by atoms with van der Waals surface area (Å²) >= 11 is 0. The lowest BCUT2D eigenvalue weighted by molar-refractivity contribution is 0.305. The molecule has 5 nitrogen and oxygen atoms in total. The zero-order chi connectivity index (χ0) is 18.6. The molecule has 0 spiro atoms. The molecule has 2 atom stereocenters. The second-order valence-corrected chi connectivity index (χ2v) is 8.85. The number of halogens is 1. The monoisotopic (exact) mass is 409 g/mol. The predicted molar refractivity (Wildman–Crippen MR) is 114 cm³/mol. The van der Waals surface area contributed by atoms with Gasteiger partial charge in [0.1, 0.15) is 0 Å². The minimum absolute atomic E-state index is 0. The van der Waals surface area contributed by atoms with Crippen LogP contribution >= 0.6 is 12.4 Å². The van der Waals surface area contributed by atoms with Crippen LogP contribution in [0, 0.1) is 0 Å². The molecule has 1 aliphatic rings. The van der Waals surface area contributed by atoms with Gasteiger partial charge in [0.15, 0.2) is 0 Å². The summed E-state index contributed by atoms with van der Waals surface area (Å²) in [6.45, 7) is 1.65. The van der Waals surface area contributed by atoms with Crippen LogP contribution in [0.4, 0.5) is 5.69 Å². The van der Waals surface area contributed by atoms with Gasteiger partial charge in [-0.3, -0.25) is 4.31 Å². The number of nitrogens with zero attached hydrogens (tertiary/aromatic N) is 1. The van der Waals surface area contributed by atoms with Gasteiger partial charge in [-0.25, -0.2) is 8.42 Å². The minimum Gasteiger partial charge on any atom is -0.309 e. The lowest BCUT2D eigenvalue weighted by atomic mass is 9.92. The van der Waals surface area contributed by atoms with E-state index in [9.17, 15) is 8.42 Å². The van der Waals surface area contributed by atoms with Crippen molar-refractivity contribution in [2.24, 2.45) is 0 Å². The molecule has 0 saturated carbocycles. The van der Waals surface area contributed by atoms with Gasteiger partial charge in [0, 0.05) is 25.7 Å². The number of hydrogen-bond acceptors (Lipinski definition) is 4. The van der Waals surface area contributed by atoms with Gasteiger partial charge in [-0.1, -0.05) is 48.5 Å². The van der Waals surface area contributed by atoms with E-state index in [-0.39, 0.29) is 18.4 Å². The third-order valence-corrected chi connectivity index (χ3v) is 6.19. The van der Waals surface area contributed by atoms with Crippen LogP contribution in [0.2, 0.25) is 0 Å². The average Bonchev–Trinajstić information content (AvgIpc) is 2.66. The Morgan fingerprint density at radius 3 is 2.48 bits per heavy atom. The van der Waals surface area contributed by atoms with E-state index < -0.39 is 10.0 Å². The Bertz CT molecular complexity index is 830. The van der Waals surface area contributed by atoms with Crippen molar-refractivity contribution in [1.29, 1.82) is 0 Å². The van der Waals surface area contributed by atoms with Crippen molar-refractivity contribution in [1.82, 2.24) is 10.6 Å². The first-order chi connectivity index (χ1) is 12.5. The zero-order valence-electron chi connectivity index (χ0n) is 15.8. The van der Waals surface area contributed by atoms with Crippen LogP contribution in [-0.4, -0.2) is 34.3 Å². The summed E-state index contributed by atoms with van der Waals surface area (Å²) in [5.74, 6) is 0. The fraction of sp³-hybridized carbons (Fsp3) is 0.400. The van der Waals surface area contributed by atoms with E-state index in [0.717, 1.165) is 30.6 Å². The molecule has 0 radical (unpaired) electrons. The zero-order valence-corrected chi connectivity index (χ0v) is 17.4. The lowest BCUT2D eigenvalue weighted by Gasteiger charge is -2.34. The van der Waals surface area contributed by atoms with Gasteiger partial charge < -0.3 is 10.6 Å². The Balaban J connectivity index is 0.00000261. The minimum atomic E-state index is -3.28. The maximum Gasteiger partial charge on any atom is 0.232 e. The van der Waals surface area contributed by atoms with Gasteiger partial charge in [0.2, 0.25) is 10.0 Å². The van der Waals surface area contributed by atoms with E-state index in [0.29, 0.717) is 12.6 Å². The molecule has 148 valence electrons. The van der Waals surface area contributed by atoms with Gasteiger partial charge >= 0.3 is 0 Å². The summed E-state index contributed by atoms with van der Waals surface area (Å²) < 4.78 is 25.2. The van der Waals surface area contributed by atoms with Crippen LogP contribution < -0.4 is 14.9 Å². The molecule has 1 heterocycles. The summed E-state index contributed by atoms with van der Waals surface area (Å²) in [6.07, 6.45) is 3.45. The van der Waals surface area contributed by atoms with Crippen molar-refractivity contribution in [3.05, 3.63) is 65.7 Å². The van der Waals surface area contributed by atoms with Gasteiger partial charge in [-0.15, -0.1) is 12.4 Å². The topological polar surface area (TPSA) is 61.4 Å². The van der Waals surface area contributed by atoms with Crippen LogP contribution in [0.3, 0.4) is 0 Å². The molecule has 0 amide bonds. The molecule has 2 aromatic rings. The molecule has 1 fully saturated rings. The third kappa shape index (κ3) is 5.45. The standard InChI is InChI=1S/C20H27N3O2S.ClH/c1-23(26(2,24)25)19-13-7-6-11-17(19)15-22-18-12-8-14-21-20(18)16-9-4-3-5-10-16;/h3-7,9-11,13,18,20-22H,8,12,14-15H2,1-2H3;1H/t18-,20-;/m0./s1. The van der Waals surface area contributed by atoms with Gasteiger partial charge in [0.05, 0.1) is 11.9 Å². The van der Waals surface area contributed by atoms with Crippen LogP contribution in [0.25, 0.3) is 0 Å². The Labute approximate surface area is 168 Å². The number of piperidine rings is 1. The highest BCUT2D eigenvalue weighted by molar-refractivity contribution is 7.92. The maximum absolute atomic E-state index is 11.9. The molecule has 0 aliphatic carbocycles. The number of nitrogens with one attached hydrogen (secondary N) is 2. The quantitative estimate of drug-likeness (QED) is 0.769. The second-order valence-electron chi connectivity index (χ2n) is 6.83. The highest BCUT2D eigenvalue weighted by Gasteiger charge is 2.26. The Morgan fingerprint density at radius 1 is 1.11 bits per heavy atom. The summed E-state index contributed by atoms with van der Waals surface area (Å²) in [6, 6.07) is 18.7. The molecule has 0 bridgehead atoms. The Kier molecular flexibility index (Phi) is 7.68. The number of sulfonamides is 1. The van der Waals surface area contributed by atoms with E-state index in [4.69, 9.17) is 0 Å². The fourth-order valence-corrected chi connectivity index (χ4v) is 4.04. The van der Waals surface area contributed by atoms with Crippen molar-refractivity contribution >= 4 is 28.1 Å². The number of anilines is 1. The number of para-hydroxylation sites is 1. The molecule has 2 N–H and O–H groups in total. The van der Waals surface area contributed by atoms with E-state index >= 15 is 0 Å². The molecule has 27 heavy (non-hydrogen) atoms. The smallest absolute Gasteiger partial charge is 0.232 e. The Morgan fingerprint density at radius 2 is 1.78 bits per heavy atom. The molecule has 2 aromatic carbocycles. The molecule has 1 aliphatic heterocycles. The second kappa shape index (κ2) is 9.55. The summed E-state index contributed by atoms with van der Waals surface area (Å²) in [5.41, 5.74) is 2.99. The highest BCUT2D eigenvalue weighted by atomic mass is 35.5. The van der Waals surface area contributed by atoms with Crippen LogP contribution in [0.1, 0.15) is 30.0 Å². The number of hydrogen-bond donors (Lipinski definition) is 2. The molecule has 3 rings (SSSR count). The molecule has 0 unspecified atom stereocenters. The van der Waals surface area contributed by atoms with E-state index in [1.54, 1.807) is 7.05 Å². The van der Waals surface area contributed by atoms with Gasteiger partial charge in [0.25, 0.3) is 0 Å². The largest absolute Gasteiger partial charge is 0.309 e. The SMILES string of the molecule is CN(c1ccccc1CN[C@H]1CCCN[C@H]1c1ccccc1)S(C)(=O)=O.Cl. The molecule has 1 saturated heterocycles. The van der Waals surface area contributed by atoms with E-state index in [2.05, 4.69) is 34.9 Å². The average molecular weight is 410 g/mol. The predicted octanol–water partition coefficient (Wildman–Crippen LogP) is 3.09. The third-order valence-electron chi connectivity index (χ3n) is 5.00. The van der Waals surface area contributed by atoms with E-state index in [1.807, 2.05) is 30.3 Å². The molecular formula is C20H28ClN3O2S. The first kappa shape index (κ1) is 21.7. The lowest BCUT2D eigenvalue weighted by Crippen LogP contribution is -2.45. The van der Waals surface area contributed by atoms with Crippen molar-refractivity contribution in [3.63, 3.8) is 0 Å². The van der Waals surface area contributed by atoms with E-state index in [1.165, 1.54) is 16.1 Å². The van der Waals surface area contributed by atoms with Crippen molar-refractivity contribution in [3.8, 4) is 0 Å². The van der Waals surface area contributed by atoms with Crippen LogP contribution in [-0.2, 0) is 16.6 Å². The number of benzene rings is 2. The molecular weight excluding hydrogens is 382 g/mol. The first-order valence-corrected chi connectivity index (χ1v) is 10.8. The molecule has 0 aromatic heterocycles. The Hall–Kier alpha value is -1.60. The summed E-state index contributed by atoms with van der Waals surface area (Å²) in [4.78, 5) is 0. The van der Waals surface area contributed by atoms with Gasteiger partial charge in [-0.05, 0) is 36.6 Å². The first-order valence-electron chi connectivity index (χ1n) is 9.00. The van der Waals surface area contributed by atoms with Crippen molar-refractivity contribution < 1.29 is 8.42 Å². The highest BCUT2D eigenvalue weighted by Crippen LogP contribution is 2.26. The fourth-order valence-electron chi connectivity index (χ4n) is 3.51. The maximum atomic E-state index is 11.9. The molecule has 7 heteroatoms. The van der Waals surface area contributed by atoms with Crippen molar-refractivity contribution in [2.75, 3.05) is 24.2 Å². The summed E-state index contributed by atoms with van der Waals surface area (Å²) in [7, 11) is -1.68.